The van der Waals surface area contributed by atoms with E-state index in [2.05, 4.69) is 5.32 Å². The number of ketones is 1. The van der Waals surface area contributed by atoms with Crippen molar-refractivity contribution in [2.45, 2.75) is 4.90 Å². The zero-order valence-corrected chi connectivity index (χ0v) is 19.1. The highest BCUT2D eigenvalue weighted by Gasteiger charge is 2.17. The maximum Gasteiger partial charge on any atom is 0.336 e. The summed E-state index contributed by atoms with van der Waals surface area (Å²) in [6, 6.07) is 24.2. The standard InChI is InChI=1S/C27H21NO5S/c1-33-20-13-11-17(12-14-20)24(29)16-34-21-8-4-7-19(15-21)28-26(30)22-9-2-5-18-6-3-10-23(25(18)22)27(31)32/h2-15H,16H2,1H3,(H,28,30)(H,31,32). The van der Waals surface area contributed by atoms with Crippen molar-refractivity contribution < 1.29 is 24.2 Å². The van der Waals surface area contributed by atoms with Gasteiger partial charge in [-0.2, -0.15) is 0 Å². The fraction of sp³-hybridized carbons (Fsp3) is 0.0741. The molecule has 170 valence electrons. The molecule has 0 fully saturated rings. The number of aromatic carboxylic acids is 1. The monoisotopic (exact) mass is 471 g/mol. The molecule has 0 aliphatic rings. The van der Waals surface area contributed by atoms with Gasteiger partial charge in [-0.1, -0.05) is 30.3 Å². The normalized spacial score (nSPS) is 10.6. The van der Waals surface area contributed by atoms with Crippen molar-refractivity contribution in [3.05, 3.63) is 102 Å². The number of thioether (sulfide) groups is 1. The predicted molar refractivity (Wildman–Crippen MR) is 133 cm³/mol. The van der Waals surface area contributed by atoms with E-state index in [9.17, 15) is 19.5 Å². The number of hydrogen-bond acceptors (Lipinski definition) is 5. The lowest BCUT2D eigenvalue weighted by molar-refractivity contribution is 0.0698. The molecule has 0 saturated heterocycles. The van der Waals surface area contributed by atoms with Gasteiger partial charge in [0.25, 0.3) is 5.91 Å². The summed E-state index contributed by atoms with van der Waals surface area (Å²) in [6.07, 6.45) is 0. The van der Waals surface area contributed by atoms with Gasteiger partial charge >= 0.3 is 5.97 Å². The molecule has 34 heavy (non-hydrogen) atoms. The van der Waals surface area contributed by atoms with Gasteiger partial charge in [0.15, 0.2) is 5.78 Å². The number of amides is 1. The molecule has 0 aliphatic heterocycles. The molecule has 0 radical (unpaired) electrons. The molecule has 4 aromatic carbocycles. The number of anilines is 1. The zero-order valence-electron chi connectivity index (χ0n) is 18.3. The fourth-order valence-corrected chi connectivity index (χ4v) is 4.43. The molecule has 0 aliphatic carbocycles. The third-order valence-corrected chi connectivity index (χ3v) is 6.25. The second-order valence-electron chi connectivity index (χ2n) is 7.44. The lowest BCUT2D eigenvalue weighted by Crippen LogP contribution is -2.13. The SMILES string of the molecule is COc1ccc(C(=O)CSc2cccc(NC(=O)c3cccc4cccc(C(=O)O)c34)c2)cc1. The van der Waals surface area contributed by atoms with Gasteiger partial charge in [-0.15, -0.1) is 11.8 Å². The first-order valence-corrected chi connectivity index (χ1v) is 11.4. The topological polar surface area (TPSA) is 92.7 Å². The molecular formula is C27H21NO5S. The first kappa shape index (κ1) is 23.1. The van der Waals surface area contributed by atoms with E-state index >= 15 is 0 Å². The Morgan fingerprint density at radius 2 is 1.56 bits per heavy atom. The maximum atomic E-state index is 13.0. The quantitative estimate of drug-likeness (QED) is 0.250. The average Bonchev–Trinajstić information content (AvgIpc) is 2.86. The molecule has 2 N–H and O–H groups in total. The van der Waals surface area contributed by atoms with Crippen LogP contribution in [0.3, 0.4) is 0 Å². The fourth-order valence-electron chi connectivity index (χ4n) is 3.58. The van der Waals surface area contributed by atoms with Crippen molar-refractivity contribution in [1.82, 2.24) is 0 Å². The maximum absolute atomic E-state index is 13.0. The molecule has 4 aromatic rings. The minimum Gasteiger partial charge on any atom is -0.497 e. The predicted octanol–water partition coefficient (Wildman–Crippen LogP) is 5.77. The Balaban J connectivity index is 1.49. The van der Waals surface area contributed by atoms with E-state index in [0.29, 0.717) is 27.8 Å². The summed E-state index contributed by atoms with van der Waals surface area (Å²) in [5.74, 6) is -0.579. The molecule has 4 rings (SSSR count). The van der Waals surface area contributed by atoms with Crippen molar-refractivity contribution in [1.29, 1.82) is 0 Å². The molecule has 0 bridgehead atoms. The molecule has 7 heteroatoms. The second-order valence-corrected chi connectivity index (χ2v) is 8.49. The number of ether oxygens (including phenoxy) is 1. The summed E-state index contributed by atoms with van der Waals surface area (Å²) in [5.41, 5.74) is 1.51. The van der Waals surface area contributed by atoms with E-state index in [0.717, 1.165) is 4.90 Å². The van der Waals surface area contributed by atoms with Crippen LogP contribution < -0.4 is 10.1 Å². The van der Waals surface area contributed by atoms with E-state index in [-0.39, 0.29) is 22.7 Å². The molecule has 0 saturated carbocycles. The lowest BCUT2D eigenvalue weighted by atomic mass is 9.98. The van der Waals surface area contributed by atoms with Crippen molar-refractivity contribution >= 4 is 45.9 Å². The second kappa shape index (κ2) is 10.2. The lowest BCUT2D eigenvalue weighted by Gasteiger charge is -2.11. The smallest absolute Gasteiger partial charge is 0.336 e. The summed E-state index contributed by atoms with van der Waals surface area (Å²) in [7, 11) is 1.57. The number of carbonyl (C=O) groups is 3. The van der Waals surface area contributed by atoms with Crippen molar-refractivity contribution in [3.63, 3.8) is 0 Å². The minimum atomic E-state index is -1.09. The highest BCUT2D eigenvalue weighted by atomic mass is 32.2. The van der Waals surface area contributed by atoms with Gasteiger partial charge in [0, 0.05) is 27.1 Å². The zero-order chi connectivity index (χ0) is 24.1. The molecule has 0 spiro atoms. The van der Waals surface area contributed by atoms with Crippen LogP contribution in [0.25, 0.3) is 10.8 Å². The number of Topliss-reactive ketones (excluding diaryl/α,β-unsaturated/α-hetero) is 1. The molecule has 0 aromatic heterocycles. The van der Waals surface area contributed by atoms with Crippen LogP contribution >= 0.6 is 11.8 Å². The molecule has 0 heterocycles. The Morgan fingerprint density at radius 3 is 2.24 bits per heavy atom. The number of benzene rings is 4. The number of carboxylic acids is 1. The van der Waals surface area contributed by atoms with Crippen LogP contribution in [0.15, 0.2) is 89.8 Å². The van der Waals surface area contributed by atoms with Gasteiger partial charge in [0.05, 0.1) is 18.4 Å². The number of methoxy groups -OCH3 is 1. The Morgan fingerprint density at radius 1 is 0.882 bits per heavy atom. The minimum absolute atomic E-state index is 0.0148. The molecule has 6 nitrogen and oxygen atoms in total. The molecular weight excluding hydrogens is 450 g/mol. The van der Waals surface area contributed by atoms with Gasteiger partial charge in [0.1, 0.15) is 5.75 Å². The van der Waals surface area contributed by atoms with Gasteiger partial charge in [-0.25, -0.2) is 4.79 Å². The van der Waals surface area contributed by atoms with Crippen LogP contribution in [0.1, 0.15) is 31.1 Å². The van der Waals surface area contributed by atoms with Crippen LogP contribution in [0.2, 0.25) is 0 Å². The summed E-state index contributed by atoms with van der Waals surface area (Å²) in [4.78, 5) is 38.0. The number of carbonyl (C=O) groups excluding carboxylic acids is 2. The van der Waals surface area contributed by atoms with Crippen molar-refractivity contribution in [3.8, 4) is 5.75 Å². The van der Waals surface area contributed by atoms with Crippen LogP contribution in [0, 0.1) is 0 Å². The largest absolute Gasteiger partial charge is 0.497 e. The number of carboxylic acid groups (broad SMARTS) is 1. The summed E-state index contributed by atoms with van der Waals surface area (Å²) in [5, 5.41) is 13.5. The molecule has 1 amide bonds. The third kappa shape index (κ3) is 5.10. The summed E-state index contributed by atoms with van der Waals surface area (Å²) >= 11 is 1.37. The Bertz CT molecular complexity index is 1380. The number of rotatable bonds is 8. The number of hydrogen-bond donors (Lipinski definition) is 2. The van der Waals surface area contributed by atoms with Crippen LogP contribution in [0.5, 0.6) is 5.75 Å². The van der Waals surface area contributed by atoms with Crippen LogP contribution in [-0.2, 0) is 0 Å². The summed E-state index contributed by atoms with van der Waals surface area (Å²) < 4.78 is 5.12. The van der Waals surface area contributed by atoms with Crippen molar-refractivity contribution in [2.24, 2.45) is 0 Å². The third-order valence-electron chi connectivity index (χ3n) is 5.25. The molecule has 0 atom stereocenters. The van der Waals surface area contributed by atoms with Crippen LogP contribution in [-0.4, -0.2) is 35.6 Å². The Labute approximate surface area is 200 Å². The van der Waals surface area contributed by atoms with E-state index in [1.807, 2.05) is 6.07 Å². The van der Waals surface area contributed by atoms with Gasteiger partial charge in [0.2, 0.25) is 0 Å². The van der Waals surface area contributed by atoms with Gasteiger partial charge < -0.3 is 15.2 Å². The van der Waals surface area contributed by atoms with Crippen molar-refractivity contribution in [2.75, 3.05) is 18.2 Å². The number of nitrogens with one attached hydrogen (secondary N) is 1. The Kier molecular flexibility index (Phi) is 6.94. The van der Waals surface area contributed by atoms with E-state index in [1.165, 1.54) is 17.8 Å². The van der Waals surface area contributed by atoms with E-state index < -0.39 is 11.9 Å². The van der Waals surface area contributed by atoms with Gasteiger partial charge in [-0.05, 0) is 60.0 Å². The first-order valence-electron chi connectivity index (χ1n) is 10.4. The average molecular weight is 472 g/mol. The Hall–Kier alpha value is -4.10. The first-order chi connectivity index (χ1) is 16.5. The highest BCUT2D eigenvalue weighted by Crippen LogP contribution is 2.26. The molecule has 0 unspecified atom stereocenters. The van der Waals surface area contributed by atoms with Crippen LogP contribution in [0.4, 0.5) is 5.69 Å². The van der Waals surface area contributed by atoms with E-state index in [1.54, 1.807) is 79.9 Å². The van der Waals surface area contributed by atoms with E-state index in [4.69, 9.17) is 4.74 Å². The number of fused-ring (bicyclic) bond motifs is 1. The van der Waals surface area contributed by atoms with Gasteiger partial charge in [-0.3, -0.25) is 9.59 Å². The summed E-state index contributed by atoms with van der Waals surface area (Å²) in [6.45, 7) is 0. The highest BCUT2D eigenvalue weighted by molar-refractivity contribution is 8.00.